The fraction of sp³-hybridized carbons (Fsp3) is 0.607. The van der Waals surface area contributed by atoms with Crippen molar-refractivity contribution in [2.45, 2.75) is 81.3 Å². The van der Waals surface area contributed by atoms with Crippen molar-refractivity contribution in [3.8, 4) is 6.07 Å². The van der Waals surface area contributed by atoms with Gasteiger partial charge in [-0.3, -0.25) is 4.79 Å². The maximum absolute atomic E-state index is 13.6. The lowest BCUT2D eigenvalue weighted by Crippen LogP contribution is -2.64. The zero-order valence-electron chi connectivity index (χ0n) is 22.4. The molecule has 4 aliphatic heterocycles. The van der Waals surface area contributed by atoms with Gasteiger partial charge in [0.25, 0.3) is 5.91 Å². The van der Waals surface area contributed by atoms with E-state index < -0.39 is 23.8 Å². The van der Waals surface area contributed by atoms with Crippen LogP contribution < -0.4 is 9.80 Å². The predicted octanol–water partition coefficient (Wildman–Crippen LogP) is 3.85. The first-order chi connectivity index (χ1) is 19.1. The SMILES string of the molecule is C[C@@H]1CN(c2ncnc3c2C2(CCC2)CN3c2cc(C#N)ccn2)[C@@H](C)CN1C(=O)C12CC(C1)C(C(F)(F)F)O2. The molecule has 3 saturated heterocycles. The minimum absolute atomic E-state index is 0.113. The molecule has 12 heteroatoms. The van der Waals surface area contributed by atoms with Crippen LogP contribution in [0.4, 0.5) is 30.6 Å². The van der Waals surface area contributed by atoms with Gasteiger partial charge in [0, 0.05) is 54.8 Å². The van der Waals surface area contributed by atoms with Crippen LogP contribution in [-0.4, -0.2) is 75.4 Å². The minimum Gasteiger partial charge on any atom is -0.352 e. The van der Waals surface area contributed by atoms with E-state index in [0.717, 1.165) is 36.5 Å². The van der Waals surface area contributed by atoms with Crippen molar-refractivity contribution in [3.05, 3.63) is 35.8 Å². The van der Waals surface area contributed by atoms with E-state index in [1.165, 1.54) is 0 Å². The quantitative estimate of drug-likeness (QED) is 0.566. The third kappa shape index (κ3) is 3.56. The molecule has 210 valence electrons. The highest BCUT2D eigenvalue weighted by molar-refractivity contribution is 5.88. The Morgan fingerprint density at radius 1 is 1.12 bits per heavy atom. The Kier molecular flexibility index (Phi) is 5.43. The van der Waals surface area contributed by atoms with Crippen molar-refractivity contribution < 1.29 is 22.7 Å². The molecule has 3 atom stereocenters. The molecule has 5 fully saturated rings. The Labute approximate surface area is 229 Å². The van der Waals surface area contributed by atoms with Gasteiger partial charge in [0.05, 0.1) is 11.6 Å². The number of nitrogens with zero attached hydrogens (tertiary/aromatic N) is 7. The number of hydrogen-bond acceptors (Lipinski definition) is 8. The summed E-state index contributed by atoms with van der Waals surface area (Å²) in [5.41, 5.74) is 0.148. The summed E-state index contributed by atoms with van der Waals surface area (Å²) >= 11 is 0. The van der Waals surface area contributed by atoms with Crippen LogP contribution in [0, 0.1) is 17.2 Å². The smallest absolute Gasteiger partial charge is 0.352 e. The third-order valence-corrected chi connectivity index (χ3v) is 9.71. The minimum atomic E-state index is -4.45. The molecule has 0 aromatic carbocycles. The molecular formula is C28H30F3N7O2. The molecule has 2 aliphatic carbocycles. The lowest BCUT2D eigenvalue weighted by molar-refractivity contribution is -0.218. The first-order valence-corrected chi connectivity index (χ1v) is 13.9. The Morgan fingerprint density at radius 2 is 1.88 bits per heavy atom. The van der Waals surface area contributed by atoms with Gasteiger partial charge in [0.1, 0.15) is 29.4 Å². The largest absolute Gasteiger partial charge is 0.414 e. The average Bonchev–Trinajstić information content (AvgIpc) is 3.58. The summed E-state index contributed by atoms with van der Waals surface area (Å²) in [6.07, 6.45) is 0.256. The van der Waals surface area contributed by atoms with E-state index in [4.69, 9.17) is 9.72 Å². The van der Waals surface area contributed by atoms with E-state index in [2.05, 4.69) is 25.8 Å². The summed E-state index contributed by atoms with van der Waals surface area (Å²) in [5.74, 6) is 1.35. The number of pyridine rings is 1. The number of fused-ring (bicyclic) bond motifs is 3. The lowest BCUT2D eigenvalue weighted by Gasteiger charge is -2.49. The fourth-order valence-corrected chi connectivity index (χ4v) is 7.52. The third-order valence-electron chi connectivity index (χ3n) is 9.71. The number of halogens is 3. The molecule has 2 saturated carbocycles. The molecule has 40 heavy (non-hydrogen) atoms. The Balaban J connectivity index is 1.17. The van der Waals surface area contributed by atoms with Gasteiger partial charge in [-0.05, 0) is 51.7 Å². The van der Waals surface area contributed by atoms with E-state index in [9.17, 15) is 23.2 Å². The second kappa shape index (κ2) is 8.52. The number of alkyl halides is 3. The number of amides is 1. The van der Waals surface area contributed by atoms with Crippen LogP contribution in [0.1, 0.15) is 57.1 Å². The number of carbonyl (C=O) groups excluding carboxylic acids is 1. The number of piperazine rings is 1. The first-order valence-electron chi connectivity index (χ1n) is 13.9. The van der Waals surface area contributed by atoms with Crippen LogP contribution in [0.5, 0.6) is 0 Å². The highest BCUT2D eigenvalue weighted by Gasteiger charge is 2.69. The Bertz CT molecular complexity index is 1420. The van der Waals surface area contributed by atoms with Gasteiger partial charge in [0.2, 0.25) is 0 Å². The zero-order valence-corrected chi connectivity index (χ0v) is 22.4. The zero-order chi connectivity index (χ0) is 28.0. The summed E-state index contributed by atoms with van der Waals surface area (Å²) < 4.78 is 45.5. The number of anilines is 3. The van der Waals surface area contributed by atoms with Gasteiger partial charge in [0.15, 0.2) is 6.10 Å². The number of carbonyl (C=O) groups is 1. The monoisotopic (exact) mass is 553 g/mol. The van der Waals surface area contributed by atoms with Crippen molar-refractivity contribution in [3.63, 3.8) is 0 Å². The standard InChI is InChI=1S/C28H30F3N7O2/c1-16-13-37(25(39)27-9-19(10-27)22(40-27)28(29,30)31)17(2)12-36(16)23-21-24(35-15-34-23)38(14-26(21)5-3-6-26)20-8-18(11-32)4-7-33-20/h4,7-8,15-17,19,22H,3,5-6,9-10,12-14H2,1-2H3/t16-,17+,19?,22?,27?/m0/s1. The molecule has 6 heterocycles. The number of aromatic nitrogens is 3. The van der Waals surface area contributed by atoms with E-state index >= 15 is 0 Å². The fourth-order valence-electron chi connectivity index (χ4n) is 7.52. The van der Waals surface area contributed by atoms with E-state index in [1.54, 1.807) is 29.6 Å². The average molecular weight is 554 g/mol. The summed E-state index contributed by atoms with van der Waals surface area (Å²) in [4.78, 5) is 33.6. The number of hydrogen-bond donors (Lipinski definition) is 0. The van der Waals surface area contributed by atoms with Crippen molar-refractivity contribution in [2.75, 3.05) is 29.4 Å². The summed E-state index contributed by atoms with van der Waals surface area (Å²) in [6, 6.07) is 5.29. The summed E-state index contributed by atoms with van der Waals surface area (Å²) in [6.45, 7) is 5.53. The molecule has 2 bridgehead atoms. The molecule has 1 unspecified atom stereocenters. The van der Waals surface area contributed by atoms with Crippen molar-refractivity contribution in [1.29, 1.82) is 5.26 Å². The molecule has 0 radical (unpaired) electrons. The number of nitriles is 1. The van der Waals surface area contributed by atoms with E-state index in [-0.39, 0.29) is 36.2 Å². The predicted molar refractivity (Wildman–Crippen MR) is 138 cm³/mol. The maximum Gasteiger partial charge on any atom is 0.414 e. The van der Waals surface area contributed by atoms with Crippen molar-refractivity contribution >= 4 is 23.4 Å². The molecule has 1 amide bonds. The molecule has 8 rings (SSSR count). The van der Waals surface area contributed by atoms with Gasteiger partial charge in [-0.2, -0.15) is 18.4 Å². The van der Waals surface area contributed by atoms with Crippen LogP contribution in [0.15, 0.2) is 24.7 Å². The topological polar surface area (TPSA) is 98.5 Å². The van der Waals surface area contributed by atoms with Crippen molar-refractivity contribution in [2.24, 2.45) is 5.92 Å². The molecule has 1 spiro atoms. The van der Waals surface area contributed by atoms with Crippen LogP contribution in [0.2, 0.25) is 0 Å². The van der Waals surface area contributed by atoms with Crippen molar-refractivity contribution in [1.82, 2.24) is 19.9 Å². The normalized spacial score (nSPS) is 31.9. The van der Waals surface area contributed by atoms with E-state index in [1.807, 2.05) is 13.8 Å². The van der Waals surface area contributed by atoms with Gasteiger partial charge in [-0.15, -0.1) is 0 Å². The van der Waals surface area contributed by atoms with Crippen LogP contribution in [0.3, 0.4) is 0 Å². The van der Waals surface area contributed by atoms with Gasteiger partial charge in [-0.1, -0.05) is 6.42 Å². The summed E-state index contributed by atoms with van der Waals surface area (Å²) in [5, 5.41) is 9.41. The second-order valence-corrected chi connectivity index (χ2v) is 12.2. The highest BCUT2D eigenvalue weighted by atomic mass is 19.4. The maximum atomic E-state index is 13.6. The molecule has 9 nitrogen and oxygen atoms in total. The first kappa shape index (κ1) is 25.5. The molecule has 2 aromatic rings. The van der Waals surface area contributed by atoms with Gasteiger partial charge in [-0.25, -0.2) is 15.0 Å². The van der Waals surface area contributed by atoms with Gasteiger partial charge < -0.3 is 19.4 Å². The van der Waals surface area contributed by atoms with Gasteiger partial charge >= 0.3 is 6.18 Å². The molecular weight excluding hydrogens is 523 g/mol. The molecule has 6 aliphatic rings. The summed E-state index contributed by atoms with van der Waals surface area (Å²) in [7, 11) is 0. The lowest BCUT2D eigenvalue weighted by atomic mass is 9.66. The molecule has 0 N–H and O–H groups in total. The van der Waals surface area contributed by atoms with Crippen LogP contribution >= 0.6 is 0 Å². The van der Waals surface area contributed by atoms with Crippen LogP contribution in [0.25, 0.3) is 0 Å². The number of ether oxygens (including phenoxy) is 1. The second-order valence-electron chi connectivity index (χ2n) is 12.2. The number of rotatable bonds is 3. The van der Waals surface area contributed by atoms with Crippen LogP contribution in [-0.2, 0) is 14.9 Å². The molecule has 2 aromatic heterocycles. The highest BCUT2D eigenvalue weighted by Crippen LogP contribution is 2.58. The van der Waals surface area contributed by atoms with E-state index in [0.29, 0.717) is 31.0 Å². The Hall–Kier alpha value is -3.46. The Morgan fingerprint density at radius 3 is 2.52 bits per heavy atom.